The van der Waals surface area contributed by atoms with E-state index in [-0.39, 0.29) is 12.2 Å². The first-order chi connectivity index (χ1) is 9.93. The molecule has 1 aromatic carbocycles. The number of fused-ring (bicyclic) bond motifs is 1. The molecule has 1 aromatic heterocycles. The Bertz CT molecular complexity index is 667. The van der Waals surface area contributed by atoms with E-state index < -0.39 is 0 Å². The van der Waals surface area contributed by atoms with E-state index in [2.05, 4.69) is 10.2 Å². The van der Waals surface area contributed by atoms with Gasteiger partial charge in [-0.15, -0.1) is 10.2 Å². The van der Waals surface area contributed by atoms with Gasteiger partial charge >= 0.3 is 0 Å². The number of nitrogens with zero attached hydrogens (tertiary/aromatic N) is 2. The number of hydrogen-bond donors (Lipinski definition) is 0. The van der Waals surface area contributed by atoms with Crippen LogP contribution >= 0.6 is 23.4 Å². The Balaban J connectivity index is 1.71. The molecule has 2 heterocycles. The average Bonchev–Trinajstić information content (AvgIpc) is 3.04. The molecular weight excluding hydrogens is 312 g/mol. The van der Waals surface area contributed by atoms with Gasteiger partial charge in [0.25, 0.3) is 5.22 Å². The minimum Gasteiger partial charge on any atom is -0.454 e. The third-order valence-corrected chi connectivity index (χ3v) is 4.07. The van der Waals surface area contributed by atoms with Crippen LogP contribution in [-0.4, -0.2) is 17.0 Å². The van der Waals surface area contributed by atoms with Crippen LogP contribution in [0.1, 0.15) is 32.2 Å². The Morgan fingerprint density at radius 2 is 2.05 bits per heavy atom. The molecule has 0 saturated heterocycles. The molecule has 7 heteroatoms. The minimum atomic E-state index is -0.145. The minimum absolute atomic E-state index is 0.145. The number of halogens is 1. The number of ether oxygens (including phenoxy) is 2. The van der Waals surface area contributed by atoms with Gasteiger partial charge in [0.1, 0.15) is 0 Å². The van der Waals surface area contributed by atoms with Gasteiger partial charge in [0, 0.05) is 11.2 Å². The summed E-state index contributed by atoms with van der Waals surface area (Å²) in [5.74, 6) is 2.59. The summed E-state index contributed by atoms with van der Waals surface area (Å²) in [5, 5.41) is 9.22. The maximum atomic E-state index is 6.15. The van der Waals surface area contributed by atoms with Gasteiger partial charge in [0.15, 0.2) is 11.5 Å². The smallest absolute Gasteiger partial charge is 0.276 e. The summed E-state index contributed by atoms with van der Waals surface area (Å²) in [4.78, 5) is 0. The summed E-state index contributed by atoms with van der Waals surface area (Å²) in [6.07, 6.45) is 0. The highest BCUT2D eigenvalue weighted by atomic mass is 35.5. The van der Waals surface area contributed by atoms with Gasteiger partial charge in [-0.25, -0.2) is 0 Å². The lowest BCUT2D eigenvalue weighted by Gasteiger charge is -2.10. The molecule has 0 fully saturated rings. The second-order valence-electron chi connectivity index (χ2n) is 5.72. The Kier molecular flexibility index (Phi) is 3.75. The van der Waals surface area contributed by atoms with Crippen molar-refractivity contribution in [2.75, 3.05) is 6.79 Å². The number of rotatable bonds is 3. The molecule has 0 N–H and O–H groups in total. The fourth-order valence-electron chi connectivity index (χ4n) is 1.82. The summed E-state index contributed by atoms with van der Waals surface area (Å²) in [5.41, 5.74) is 0.873. The van der Waals surface area contributed by atoms with E-state index in [4.69, 9.17) is 25.5 Å². The van der Waals surface area contributed by atoms with E-state index in [1.54, 1.807) is 0 Å². The zero-order chi connectivity index (χ0) is 15.0. The van der Waals surface area contributed by atoms with Crippen molar-refractivity contribution in [3.8, 4) is 11.5 Å². The first-order valence-corrected chi connectivity index (χ1v) is 7.84. The first kappa shape index (κ1) is 14.5. The average molecular weight is 327 g/mol. The van der Waals surface area contributed by atoms with Gasteiger partial charge in [-0.1, -0.05) is 44.1 Å². The molecule has 1 aliphatic heterocycles. The Hall–Kier alpha value is -1.40. The van der Waals surface area contributed by atoms with E-state index in [0.29, 0.717) is 33.4 Å². The molecule has 3 rings (SSSR count). The van der Waals surface area contributed by atoms with Crippen LogP contribution in [0.4, 0.5) is 0 Å². The summed E-state index contributed by atoms with van der Waals surface area (Å²) in [7, 11) is 0. The van der Waals surface area contributed by atoms with Crippen LogP contribution in [-0.2, 0) is 11.2 Å². The fourth-order valence-corrected chi connectivity index (χ4v) is 2.80. The fraction of sp³-hybridized carbons (Fsp3) is 0.429. The van der Waals surface area contributed by atoms with E-state index >= 15 is 0 Å². The first-order valence-electron chi connectivity index (χ1n) is 6.48. The lowest BCUT2D eigenvalue weighted by Crippen LogP contribution is -2.11. The Labute approximate surface area is 132 Å². The van der Waals surface area contributed by atoms with Gasteiger partial charge in [-0.05, 0) is 17.7 Å². The molecular formula is C14H15ClN2O3S. The van der Waals surface area contributed by atoms with Gasteiger partial charge < -0.3 is 13.9 Å². The van der Waals surface area contributed by atoms with Crippen molar-refractivity contribution < 1.29 is 13.9 Å². The third kappa shape index (κ3) is 3.11. The summed E-state index contributed by atoms with van der Waals surface area (Å²) in [6, 6.07) is 3.78. The number of thioether (sulfide) groups is 1. The van der Waals surface area contributed by atoms with Crippen LogP contribution in [0.2, 0.25) is 5.02 Å². The van der Waals surface area contributed by atoms with Crippen LogP contribution < -0.4 is 9.47 Å². The number of aromatic nitrogens is 2. The number of hydrogen-bond acceptors (Lipinski definition) is 6. The van der Waals surface area contributed by atoms with Gasteiger partial charge in [-0.2, -0.15) is 0 Å². The highest BCUT2D eigenvalue weighted by Crippen LogP contribution is 2.40. The lowest BCUT2D eigenvalue weighted by molar-refractivity contribution is 0.174. The van der Waals surface area contributed by atoms with Crippen molar-refractivity contribution in [1.82, 2.24) is 10.2 Å². The summed E-state index contributed by atoms with van der Waals surface area (Å²) < 4.78 is 16.3. The molecule has 0 unspecified atom stereocenters. The van der Waals surface area contributed by atoms with E-state index in [9.17, 15) is 0 Å². The van der Waals surface area contributed by atoms with Gasteiger partial charge in [0.05, 0.1) is 5.02 Å². The van der Waals surface area contributed by atoms with Crippen LogP contribution in [0.25, 0.3) is 0 Å². The normalized spacial score (nSPS) is 13.7. The maximum Gasteiger partial charge on any atom is 0.276 e. The highest BCUT2D eigenvalue weighted by molar-refractivity contribution is 7.98. The second kappa shape index (κ2) is 5.42. The van der Waals surface area contributed by atoms with Crippen molar-refractivity contribution in [3.05, 3.63) is 28.6 Å². The van der Waals surface area contributed by atoms with Crippen LogP contribution in [0.3, 0.4) is 0 Å². The summed E-state index contributed by atoms with van der Waals surface area (Å²) >= 11 is 7.62. The van der Waals surface area contributed by atoms with Crippen molar-refractivity contribution in [1.29, 1.82) is 0 Å². The molecule has 0 amide bonds. The SMILES string of the molecule is CC(C)(C)c1nnc(SCc2cc(Cl)c3c(c2)OCO3)o1. The molecule has 1 aliphatic rings. The molecule has 0 radical (unpaired) electrons. The molecule has 0 aliphatic carbocycles. The maximum absolute atomic E-state index is 6.15. The van der Waals surface area contributed by atoms with Crippen LogP contribution in [0.5, 0.6) is 11.5 Å². The predicted octanol–water partition coefficient (Wildman–Crippen LogP) is 4.04. The molecule has 2 aromatic rings. The lowest BCUT2D eigenvalue weighted by atomic mass is 9.97. The van der Waals surface area contributed by atoms with E-state index in [1.165, 1.54) is 11.8 Å². The molecule has 0 bridgehead atoms. The van der Waals surface area contributed by atoms with Crippen molar-refractivity contribution >= 4 is 23.4 Å². The second-order valence-corrected chi connectivity index (χ2v) is 7.06. The Morgan fingerprint density at radius 3 is 2.76 bits per heavy atom. The Morgan fingerprint density at radius 1 is 1.24 bits per heavy atom. The van der Waals surface area contributed by atoms with Crippen LogP contribution in [0.15, 0.2) is 21.8 Å². The largest absolute Gasteiger partial charge is 0.454 e. The predicted molar refractivity (Wildman–Crippen MR) is 80.1 cm³/mol. The molecule has 0 atom stereocenters. The van der Waals surface area contributed by atoms with E-state index in [1.807, 2.05) is 32.9 Å². The quantitative estimate of drug-likeness (QED) is 0.793. The molecule has 112 valence electrons. The molecule has 0 saturated carbocycles. The standard InChI is InChI=1S/C14H15ClN2O3S/c1-14(2,3)12-16-17-13(20-12)21-6-8-4-9(15)11-10(5-8)18-7-19-11/h4-5H,6-7H2,1-3H3. The van der Waals surface area contributed by atoms with E-state index in [0.717, 1.165) is 5.56 Å². The van der Waals surface area contributed by atoms with Crippen molar-refractivity contribution in [3.63, 3.8) is 0 Å². The topological polar surface area (TPSA) is 57.4 Å². The highest BCUT2D eigenvalue weighted by Gasteiger charge is 2.22. The van der Waals surface area contributed by atoms with Gasteiger partial charge in [-0.3, -0.25) is 0 Å². The van der Waals surface area contributed by atoms with Gasteiger partial charge in [0.2, 0.25) is 12.7 Å². The molecule has 21 heavy (non-hydrogen) atoms. The van der Waals surface area contributed by atoms with Crippen LogP contribution in [0, 0.1) is 0 Å². The monoisotopic (exact) mass is 326 g/mol. The summed E-state index contributed by atoms with van der Waals surface area (Å²) in [6.45, 7) is 6.32. The number of benzene rings is 1. The molecule has 5 nitrogen and oxygen atoms in total. The van der Waals surface area contributed by atoms with Crippen molar-refractivity contribution in [2.24, 2.45) is 0 Å². The van der Waals surface area contributed by atoms with Crippen molar-refractivity contribution in [2.45, 2.75) is 37.2 Å². The zero-order valence-electron chi connectivity index (χ0n) is 12.0. The third-order valence-electron chi connectivity index (χ3n) is 2.90. The molecule has 0 spiro atoms. The zero-order valence-corrected chi connectivity index (χ0v) is 13.5.